The number of rotatable bonds is 7. The van der Waals surface area contributed by atoms with Gasteiger partial charge in [-0.1, -0.05) is 19.1 Å². The van der Waals surface area contributed by atoms with E-state index < -0.39 is 12.6 Å². The molecule has 0 aliphatic rings. The van der Waals surface area contributed by atoms with Crippen LogP contribution in [0.3, 0.4) is 0 Å². The number of benzene rings is 1. The fraction of sp³-hybridized carbons (Fsp3) is 0.500. The second-order valence-corrected chi connectivity index (χ2v) is 5.48. The van der Waals surface area contributed by atoms with Gasteiger partial charge >= 0.3 is 6.18 Å². The van der Waals surface area contributed by atoms with Crippen LogP contribution in [0.2, 0.25) is 0 Å². The Bertz CT molecular complexity index is 626. The molecule has 0 saturated heterocycles. The van der Waals surface area contributed by atoms with E-state index in [9.17, 15) is 13.2 Å². The highest BCUT2D eigenvalue weighted by atomic mass is 19.4. The van der Waals surface area contributed by atoms with Crippen molar-refractivity contribution in [3.63, 3.8) is 0 Å². The second kappa shape index (κ2) is 7.48. The van der Waals surface area contributed by atoms with E-state index in [-0.39, 0.29) is 18.9 Å². The molecule has 0 bridgehead atoms. The van der Waals surface area contributed by atoms with Gasteiger partial charge in [0.2, 0.25) is 11.8 Å². The average molecular weight is 328 g/mol. The van der Waals surface area contributed by atoms with E-state index in [1.165, 1.54) is 0 Å². The maximum atomic E-state index is 12.1. The molecule has 0 spiro atoms. The SMILES string of the molecule is Cc1nnc(C(C)Cc2cccc(OCCCC(F)(F)F)c2)o1. The molecule has 0 N–H and O–H groups in total. The molecule has 0 aliphatic carbocycles. The molecule has 23 heavy (non-hydrogen) atoms. The molecule has 126 valence electrons. The molecule has 0 saturated carbocycles. The van der Waals surface area contributed by atoms with Gasteiger partial charge in [-0.15, -0.1) is 10.2 Å². The molecular formula is C16H19F3N2O2. The lowest BCUT2D eigenvalue weighted by molar-refractivity contribution is -0.136. The van der Waals surface area contributed by atoms with Crippen LogP contribution in [0.4, 0.5) is 13.2 Å². The predicted molar refractivity (Wildman–Crippen MR) is 78.4 cm³/mol. The van der Waals surface area contributed by atoms with Crippen molar-refractivity contribution in [3.05, 3.63) is 41.6 Å². The molecule has 1 atom stereocenters. The maximum absolute atomic E-state index is 12.1. The van der Waals surface area contributed by atoms with Gasteiger partial charge < -0.3 is 9.15 Å². The predicted octanol–water partition coefficient (Wildman–Crippen LogP) is 4.45. The third-order valence-corrected chi connectivity index (χ3v) is 3.28. The van der Waals surface area contributed by atoms with Gasteiger partial charge in [-0.25, -0.2) is 0 Å². The van der Waals surface area contributed by atoms with Crippen molar-refractivity contribution in [3.8, 4) is 5.75 Å². The molecule has 2 rings (SSSR count). The highest BCUT2D eigenvalue weighted by Gasteiger charge is 2.26. The zero-order valence-electron chi connectivity index (χ0n) is 13.1. The summed E-state index contributed by atoms with van der Waals surface area (Å²) < 4.78 is 47.0. The number of halogens is 3. The fourth-order valence-corrected chi connectivity index (χ4v) is 2.18. The number of aryl methyl sites for hydroxylation is 1. The van der Waals surface area contributed by atoms with Crippen molar-refractivity contribution < 1.29 is 22.3 Å². The summed E-state index contributed by atoms with van der Waals surface area (Å²) in [4.78, 5) is 0. The molecule has 4 nitrogen and oxygen atoms in total. The van der Waals surface area contributed by atoms with Crippen molar-refractivity contribution in [2.45, 2.75) is 45.2 Å². The number of aromatic nitrogens is 2. The third kappa shape index (κ3) is 5.92. The van der Waals surface area contributed by atoms with E-state index >= 15 is 0 Å². The molecule has 0 fully saturated rings. The lowest BCUT2D eigenvalue weighted by atomic mass is 10.0. The summed E-state index contributed by atoms with van der Waals surface area (Å²) >= 11 is 0. The van der Waals surface area contributed by atoms with Crippen LogP contribution in [0.5, 0.6) is 5.75 Å². The van der Waals surface area contributed by atoms with Gasteiger partial charge in [0.1, 0.15) is 5.75 Å². The van der Waals surface area contributed by atoms with Crippen molar-refractivity contribution in [1.29, 1.82) is 0 Å². The van der Waals surface area contributed by atoms with Crippen molar-refractivity contribution in [2.24, 2.45) is 0 Å². The number of hydrogen-bond acceptors (Lipinski definition) is 4. The Hall–Kier alpha value is -2.05. The first kappa shape index (κ1) is 17.3. The number of nitrogens with zero attached hydrogens (tertiary/aromatic N) is 2. The highest BCUT2D eigenvalue weighted by Crippen LogP contribution is 2.23. The molecule has 0 aliphatic heterocycles. The normalized spacial score (nSPS) is 13.1. The minimum Gasteiger partial charge on any atom is -0.494 e. The van der Waals surface area contributed by atoms with E-state index in [0.717, 1.165) is 5.56 Å². The van der Waals surface area contributed by atoms with Gasteiger partial charge in [0, 0.05) is 19.3 Å². The molecule has 1 unspecified atom stereocenters. The quantitative estimate of drug-likeness (QED) is 0.705. The van der Waals surface area contributed by atoms with E-state index in [2.05, 4.69) is 10.2 Å². The van der Waals surface area contributed by atoms with Crippen LogP contribution in [0.1, 0.15) is 43.0 Å². The lowest BCUT2D eigenvalue weighted by Crippen LogP contribution is -2.09. The lowest BCUT2D eigenvalue weighted by Gasteiger charge is -2.11. The first-order valence-electron chi connectivity index (χ1n) is 7.42. The Morgan fingerprint density at radius 2 is 2.04 bits per heavy atom. The Morgan fingerprint density at radius 3 is 2.70 bits per heavy atom. The molecule has 1 aromatic carbocycles. The summed E-state index contributed by atoms with van der Waals surface area (Å²) in [5.41, 5.74) is 1.00. The van der Waals surface area contributed by atoms with Crippen LogP contribution in [-0.2, 0) is 6.42 Å². The van der Waals surface area contributed by atoms with Gasteiger partial charge in [0.25, 0.3) is 0 Å². The van der Waals surface area contributed by atoms with Gasteiger partial charge in [-0.05, 0) is 30.5 Å². The monoisotopic (exact) mass is 328 g/mol. The topological polar surface area (TPSA) is 48.2 Å². The van der Waals surface area contributed by atoms with Gasteiger partial charge in [-0.3, -0.25) is 0 Å². The van der Waals surface area contributed by atoms with E-state index in [4.69, 9.17) is 9.15 Å². The molecule has 1 aromatic heterocycles. The van der Waals surface area contributed by atoms with E-state index in [1.807, 2.05) is 25.1 Å². The number of alkyl halides is 3. The molecular weight excluding hydrogens is 309 g/mol. The van der Waals surface area contributed by atoms with Crippen LogP contribution in [0.25, 0.3) is 0 Å². The second-order valence-electron chi connectivity index (χ2n) is 5.48. The minimum absolute atomic E-state index is 0.0430. The van der Waals surface area contributed by atoms with E-state index in [0.29, 0.717) is 24.0 Å². The molecule has 0 radical (unpaired) electrons. The van der Waals surface area contributed by atoms with Gasteiger partial charge in [0.05, 0.1) is 6.61 Å². The number of hydrogen-bond donors (Lipinski definition) is 0. The molecule has 7 heteroatoms. The standard InChI is InChI=1S/C16H19F3N2O2/c1-11(15-21-20-12(2)23-15)9-13-5-3-6-14(10-13)22-8-4-7-16(17,18)19/h3,5-6,10-11H,4,7-9H2,1-2H3. The van der Waals surface area contributed by atoms with Crippen LogP contribution in [0, 0.1) is 6.92 Å². The van der Waals surface area contributed by atoms with Crippen LogP contribution < -0.4 is 4.74 Å². The van der Waals surface area contributed by atoms with Crippen LogP contribution in [0.15, 0.2) is 28.7 Å². The fourth-order valence-electron chi connectivity index (χ4n) is 2.18. The van der Waals surface area contributed by atoms with E-state index in [1.54, 1.807) is 13.0 Å². The molecule has 0 amide bonds. The minimum atomic E-state index is -4.14. The molecule has 2 aromatic rings. The Morgan fingerprint density at radius 1 is 1.26 bits per heavy atom. The van der Waals surface area contributed by atoms with Crippen molar-refractivity contribution in [2.75, 3.05) is 6.61 Å². The summed E-state index contributed by atoms with van der Waals surface area (Å²) in [7, 11) is 0. The summed E-state index contributed by atoms with van der Waals surface area (Å²) in [6, 6.07) is 7.31. The zero-order valence-corrected chi connectivity index (χ0v) is 13.1. The smallest absolute Gasteiger partial charge is 0.389 e. The molecule has 1 heterocycles. The van der Waals surface area contributed by atoms with Gasteiger partial charge in [0.15, 0.2) is 0 Å². The first-order valence-corrected chi connectivity index (χ1v) is 7.42. The van der Waals surface area contributed by atoms with Crippen LogP contribution in [-0.4, -0.2) is 23.0 Å². The van der Waals surface area contributed by atoms with Crippen LogP contribution >= 0.6 is 0 Å². The number of ether oxygens (including phenoxy) is 1. The Balaban J connectivity index is 1.87. The largest absolute Gasteiger partial charge is 0.494 e. The first-order chi connectivity index (χ1) is 10.8. The average Bonchev–Trinajstić information content (AvgIpc) is 2.90. The summed E-state index contributed by atoms with van der Waals surface area (Å²) in [6.45, 7) is 3.75. The zero-order chi connectivity index (χ0) is 16.9. The summed E-state index contributed by atoms with van der Waals surface area (Å²) in [5, 5.41) is 7.80. The van der Waals surface area contributed by atoms with Crippen molar-refractivity contribution in [1.82, 2.24) is 10.2 Å². The van der Waals surface area contributed by atoms with Gasteiger partial charge in [-0.2, -0.15) is 13.2 Å². The maximum Gasteiger partial charge on any atom is 0.389 e. The Labute approximate surface area is 132 Å². The third-order valence-electron chi connectivity index (χ3n) is 3.28. The van der Waals surface area contributed by atoms with Crippen molar-refractivity contribution >= 4 is 0 Å². The Kier molecular flexibility index (Phi) is 5.63. The summed E-state index contributed by atoms with van der Waals surface area (Å²) in [5.74, 6) is 1.71. The summed E-state index contributed by atoms with van der Waals surface area (Å²) in [6.07, 6.45) is -4.34. The highest BCUT2D eigenvalue weighted by molar-refractivity contribution is 5.29.